The highest BCUT2D eigenvalue weighted by Gasteiger charge is 2.38. The van der Waals surface area contributed by atoms with Gasteiger partial charge >= 0.3 is 12.1 Å². The van der Waals surface area contributed by atoms with Crippen LogP contribution in [-0.4, -0.2) is 53.3 Å². The van der Waals surface area contributed by atoms with Crippen molar-refractivity contribution in [3.05, 3.63) is 0 Å². The van der Waals surface area contributed by atoms with E-state index in [-0.39, 0.29) is 5.71 Å². The second-order valence-corrected chi connectivity index (χ2v) is 6.65. The molecule has 132 valence electrons. The van der Waals surface area contributed by atoms with Crippen LogP contribution in [0.1, 0.15) is 40.5 Å². The third-order valence-electron chi connectivity index (χ3n) is 3.39. The average molecular weight is 337 g/mol. The highest BCUT2D eigenvalue weighted by atomic mass is 16.6. The maximum absolute atomic E-state index is 12.2. The van der Waals surface area contributed by atoms with Gasteiger partial charge in [-0.1, -0.05) is 0 Å². The Bertz CT molecular complexity index is 573. The number of hydrogen-bond donors (Lipinski definition) is 1. The molecule has 1 rings (SSSR count). The molecule has 0 aromatic carbocycles. The molecular formula is C16H23N3O5. The molecule has 0 aromatic heterocycles. The minimum Gasteiger partial charge on any atom is -0.456 e. The first kappa shape index (κ1) is 19.6. The van der Waals surface area contributed by atoms with E-state index in [1.54, 1.807) is 26.8 Å². The van der Waals surface area contributed by atoms with Gasteiger partial charge < -0.3 is 14.9 Å². The summed E-state index contributed by atoms with van der Waals surface area (Å²) in [7, 11) is 0. The summed E-state index contributed by atoms with van der Waals surface area (Å²) in [6.07, 6.45) is 0.462. The number of ketones is 1. The van der Waals surface area contributed by atoms with Gasteiger partial charge in [0.15, 0.2) is 12.4 Å². The van der Waals surface area contributed by atoms with Crippen LogP contribution in [0.3, 0.4) is 0 Å². The molecular weight excluding hydrogens is 314 g/mol. The number of ether oxygens (including phenoxy) is 2. The van der Waals surface area contributed by atoms with E-state index < -0.39 is 42.0 Å². The van der Waals surface area contributed by atoms with Crippen molar-refractivity contribution >= 4 is 23.6 Å². The van der Waals surface area contributed by atoms with Crippen molar-refractivity contribution in [1.29, 1.82) is 10.7 Å². The number of carbonyl (C=O) groups excluding carboxylic acids is 3. The monoisotopic (exact) mass is 337 g/mol. The van der Waals surface area contributed by atoms with Crippen LogP contribution >= 0.6 is 0 Å². The van der Waals surface area contributed by atoms with Crippen molar-refractivity contribution < 1.29 is 23.9 Å². The number of Topliss-reactive ketones (excluding diaryl/α,β-unsaturated/α-hetero) is 1. The number of amides is 1. The fourth-order valence-corrected chi connectivity index (χ4v) is 2.28. The number of nitrogens with zero attached hydrogens (tertiary/aromatic N) is 2. The fraction of sp³-hybridized carbons (Fsp3) is 0.688. The maximum atomic E-state index is 12.2. The Balaban J connectivity index is 2.64. The SMILES string of the molecule is CC(=N)C(C#N)C(=O)COC(=O)[C@@H]1CCCN1C(=O)OC(C)(C)C. The van der Waals surface area contributed by atoms with Gasteiger partial charge in [0, 0.05) is 12.3 Å². The van der Waals surface area contributed by atoms with Crippen LogP contribution < -0.4 is 0 Å². The molecule has 0 aliphatic carbocycles. The average Bonchev–Trinajstić information content (AvgIpc) is 2.92. The molecule has 0 aromatic rings. The lowest BCUT2D eigenvalue weighted by Crippen LogP contribution is -2.44. The van der Waals surface area contributed by atoms with Crippen LogP contribution in [-0.2, 0) is 19.1 Å². The van der Waals surface area contributed by atoms with E-state index in [1.807, 2.05) is 0 Å². The first-order chi connectivity index (χ1) is 11.1. The Hall–Kier alpha value is -2.43. The van der Waals surface area contributed by atoms with Gasteiger partial charge in [-0.2, -0.15) is 5.26 Å². The molecule has 1 unspecified atom stereocenters. The number of nitrogens with one attached hydrogen (secondary N) is 1. The Morgan fingerprint density at radius 2 is 2.00 bits per heavy atom. The number of hydrogen-bond acceptors (Lipinski definition) is 7. The number of rotatable bonds is 5. The van der Waals surface area contributed by atoms with E-state index in [0.29, 0.717) is 19.4 Å². The fourth-order valence-electron chi connectivity index (χ4n) is 2.28. The van der Waals surface area contributed by atoms with Gasteiger partial charge in [0.25, 0.3) is 0 Å². The van der Waals surface area contributed by atoms with Crippen molar-refractivity contribution in [1.82, 2.24) is 4.90 Å². The number of nitriles is 1. The molecule has 1 heterocycles. The summed E-state index contributed by atoms with van der Waals surface area (Å²) >= 11 is 0. The van der Waals surface area contributed by atoms with E-state index in [4.69, 9.17) is 20.1 Å². The summed E-state index contributed by atoms with van der Waals surface area (Å²) in [4.78, 5) is 37.4. The lowest BCUT2D eigenvalue weighted by molar-refractivity contribution is -0.152. The van der Waals surface area contributed by atoms with E-state index in [2.05, 4.69) is 0 Å². The summed E-state index contributed by atoms with van der Waals surface area (Å²) in [6.45, 7) is 6.32. The summed E-state index contributed by atoms with van der Waals surface area (Å²) in [5, 5.41) is 16.2. The second-order valence-electron chi connectivity index (χ2n) is 6.65. The molecule has 0 bridgehead atoms. The topological polar surface area (TPSA) is 121 Å². The third kappa shape index (κ3) is 5.33. The highest BCUT2D eigenvalue weighted by Crippen LogP contribution is 2.21. The second kappa shape index (κ2) is 7.90. The quantitative estimate of drug-likeness (QED) is 0.602. The molecule has 1 aliphatic rings. The summed E-state index contributed by atoms with van der Waals surface area (Å²) in [5.41, 5.74) is -0.777. The molecule has 1 amide bonds. The van der Waals surface area contributed by atoms with Crippen LogP contribution in [0.25, 0.3) is 0 Å². The van der Waals surface area contributed by atoms with Gasteiger partial charge in [-0.05, 0) is 40.5 Å². The first-order valence-corrected chi connectivity index (χ1v) is 7.70. The first-order valence-electron chi connectivity index (χ1n) is 7.70. The molecule has 0 radical (unpaired) electrons. The molecule has 1 fully saturated rings. The van der Waals surface area contributed by atoms with E-state index in [9.17, 15) is 14.4 Å². The lowest BCUT2D eigenvalue weighted by atomic mass is 10.0. The molecule has 8 nitrogen and oxygen atoms in total. The van der Waals surface area contributed by atoms with Crippen molar-refractivity contribution in [2.75, 3.05) is 13.2 Å². The summed E-state index contributed by atoms with van der Waals surface area (Å²) in [5.74, 6) is -2.57. The zero-order chi connectivity index (χ0) is 18.5. The van der Waals surface area contributed by atoms with E-state index >= 15 is 0 Å². The van der Waals surface area contributed by atoms with Crippen LogP contribution in [0.2, 0.25) is 0 Å². The smallest absolute Gasteiger partial charge is 0.411 e. The van der Waals surface area contributed by atoms with Crippen LogP contribution in [0.4, 0.5) is 4.79 Å². The molecule has 1 aliphatic heterocycles. The number of esters is 1. The molecule has 1 saturated heterocycles. The Kier molecular flexibility index (Phi) is 6.46. The third-order valence-corrected chi connectivity index (χ3v) is 3.39. The van der Waals surface area contributed by atoms with E-state index in [1.165, 1.54) is 11.8 Å². The van der Waals surface area contributed by atoms with Gasteiger partial charge in [0.05, 0.1) is 6.07 Å². The maximum Gasteiger partial charge on any atom is 0.411 e. The van der Waals surface area contributed by atoms with Gasteiger partial charge in [-0.25, -0.2) is 9.59 Å². The zero-order valence-corrected chi connectivity index (χ0v) is 14.4. The molecule has 0 saturated carbocycles. The Labute approximate surface area is 141 Å². The molecule has 8 heteroatoms. The van der Waals surface area contributed by atoms with E-state index in [0.717, 1.165) is 0 Å². The van der Waals surface area contributed by atoms with Crippen LogP contribution in [0.5, 0.6) is 0 Å². The zero-order valence-electron chi connectivity index (χ0n) is 14.4. The predicted octanol–water partition coefficient (Wildman–Crippen LogP) is 1.68. The van der Waals surface area contributed by atoms with Gasteiger partial charge in [0.1, 0.15) is 17.6 Å². The summed E-state index contributed by atoms with van der Waals surface area (Å²) < 4.78 is 10.2. The molecule has 2 atom stereocenters. The van der Waals surface area contributed by atoms with Gasteiger partial charge in [-0.3, -0.25) is 9.69 Å². The van der Waals surface area contributed by atoms with Crippen LogP contribution in [0.15, 0.2) is 0 Å². The Morgan fingerprint density at radius 3 is 2.50 bits per heavy atom. The molecule has 1 N–H and O–H groups in total. The largest absolute Gasteiger partial charge is 0.456 e. The van der Waals surface area contributed by atoms with Crippen molar-refractivity contribution in [3.63, 3.8) is 0 Å². The lowest BCUT2D eigenvalue weighted by Gasteiger charge is -2.27. The minimum atomic E-state index is -1.22. The minimum absolute atomic E-state index is 0.102. The van der Waals surface area contributed by atoms with Crippen LogP contribution in [0, 0.1) is 22.7 Å². The highest BCUT2D eigenvalue weighted by molar-refractivity contribution is 6.06. The van der Waals surface area contributed by atoms with Crippen molar-refractivity contribution in [2.45, 2.75) is 52.2 Å². The van der Waals surface area contributed by atoms with Gasteiger partial charge in [-0.15, -0.1) is 0 Å². The number of likely N-dealkylation sites (tertiary alicyclic amines) is 1. The molecule has 24 heavy (non-hydrogen) atoms. The standard InChI is InChI=1S/C16H23N3O5/c1-10(18)11(8-17)13(20)9-23-14(21)12-6-5-7-19(12)15(22)24-16(2,3)4/h11-12,18H,5-7,9H2,1-4H3/t11?,12-/m0/s1. The van der Waals surface area contributed by atoms with Gasteiger partial charge in [0.2, 0.25) is 0 Å². The Morgan fingerprint density at radius 1 is 1.38 bits per heavy atom. The van der Waals surface area contributed by atoms with Crippen molar-refractivity contribution in [2.24, 2.45) is 5.92 Å². The number of carbonyl (C=O) groups is 3. The normalized spacial score (nSPS) is 18.5. The predicted molar refractivity (Wildman–Crippen MR) is 84.4 cm³/mol. The summed E-state index contributed by atoms with van der Waals surface area (Å²) in [6, 6.07) is 0.900. The molecule has 0 spiro atoms. The van der Waals surface area contributed by atoms with Crippen molar-refractivity contribution in [3.8, 4) is 6.07 Å².